The van der Waals surface area contributed by atoms with Gasteiger partial charge in [0.15, 0.2) is 0 Å². The quantitative estimate of drug-likeness (QED) is 0.765. The Kier molecular flexibility index (Phi) is 3.10. The van der Waals surface area contributed by atoms with Crippen LogP contribution in [0.15, 0.2) is 24.3 Å². The largest absolute Gasteiger partial charge is 0.368 e. The molecule has 1 heterocycles. The third-order valence-electron chi connectivity index (χ3n) is 2.88. The number of primary amides is 1. The number of hydrogen-bond donors (Lipinski definition) is 2. The number of carbonyl (C=O) groups excluding carboxylic acids is 1. The fourth-order valence-corrected chi connectivity index (χ4v) is 2.11. The van der Waals surface area contributed by atoms with E-state index in [0.717, 1.165) is 25.3 Å². The van der Waals surface area contributed by atoms with E-state index in [1.165, 1.54) is 0 Å². The molecule has 0 saturated carbocycles. The first kappa shape index (κ1) is 11.0. The Morgan fingerprint density at radius 3 is 2.94 bits per heavy atom. The van der Waals surface area contributed by atoms with Crippen LogP contribution in [0.3, 0.4) is 0 Å². The fourth-order valence-electron chi connectivity index (χ4n) is 2.11. The van der Waals surface area contributed by atoms with E-state index in [-0.39, 0.29) is 5.91 Å². The highest BCUT2D eigenvalue weighted by atomic mass is 16.1. The number of nitrogens with one attached hydrogen (secondary N) is 1. The maximum atomic E-state index is 11.3. The first-order valence-electron chi connectivity index (χ1n) is 5.55. The summed E-state index contributed by atoms with van der Waals surface area (Å²) in [5.74, 6) is -0.359. The molecule has 0 bridgehead atoms. The van der Waals surface area contributed by atoms with Crippen molar-refractivity contribution < 1.29 is 4.79 Å². The molecule has 1 amide bonds. The number of anilines is 1. The van der Waals surface area contributed by atoms with Gasteiger partial charge >= 0.3 is 0 Å². The van der Waals surface area contributed by atoms with Gasteiger partial charge < -0.3 is 16.0 Å². The zero-order valence-corrected chi connectivity index (χ0v) is 9.44. The lowest BCUT2D eigenvalue weighted by Crippen LogP contribution is -2.49. The van der Waals surface area contributed by atoms with Gasteiger partial charge in [-0.3, -0.25) is 4.79 Å². The number of amides is 1. The van der Waals surface area contributed by atoms with Crippen molar-refractivity contribution in [3.8, 4) is 0 Å². The topological polar surface area (TPSA) is 58.4 Å². The van der Waals surface area contributed by atoms with Crippen LogP contribution in [0.1, 0.15) is 17.3 Å². The van der Waals surface area contributed by atoms with Crippen molar-refractivity contribution >= 4 is 11.6 Å². The van der Waals surface area contributed by atoms with E-state index in [9.17, 15) is 4.79 Å². The predicted octanol–water partition coefficient (Wildman–Crippen LogP) is 0.584. The van der Waals surface area contributed by atoms with Crippen LogP contribution in [-0.2, 0) is 0 Å². The smallest absolute Gasteiger partial charge is 0.250 e. The number of para-hydroxylation sites is 1. The Labute approximate surface area is 95.4 Å². The van der Waals surface area contributed by atoms with E-state index >= 15 is 0 Å². The van der Waals surface area contributed by atoms with Crippen molar-refractivity contribution in [3.05, 3.63) is 29.8 Å². The molecule has 0 aromatic heterocycles. The van der Waals surface area contributed by atoms with Crippen LogP contribution in [-0.4, -0.2) is 31.6 Å². The minimum atomic E-state index is -0.359. The summed E-state index contributed by atoms with van der Waals surface area (Å²) in [4.78, 5) is 13.5. The van der Waals surface area contributed by atoms with E-state index in [1.807, 2.05) is 18.2 Å². The molecule has 86 valence electrons. The number of hydrogen-bond acceptors (Lipinski definition) is 3. The summed E-state index contributed by atoms with van der Waals surface area (Å²) in [6.07, 6.45) is 0. The lowest BCUT2D eigenvalue weighted by Gasteiger charge is -2.34. The van der Waals surface area contributed by atoms with E-state index < -0.39 is 0 Å². The van der Waals surface area contributed by atoms with Crippen molar-refractivity contribution in [1.29, 1.82) is 0 Å². The molecule has 1 fully saturated rings. The van der Waals surface area contributed by atoms with Gasteiger partial charge in [-0.2, -0.15) is 0 Å². The average molecular weight is 219 g/mol. The predicted molar refractivity (Wildman–Crippen MR) is 64.6 cm³/mol. The Morgan fingerprint density at radius 1 is 1.50 bits per heavy atom. The number of benzene rings is 1. The van der Waals surface area contributed by atoms with Crippen molar-refractivity contribution in [1.82, 2.24) is 5.32 Å². The number of carbonyl (C=O) groups is 1. The summed E-state index contributed by atoms with van der Waals surface area (Å²) < 4.78 is 0. The monoisotopic (exact) mass is 219 g/mol. The second-order valence-corrected chi connectivity index (χ2v) is 4.18. The Balaban J connectivity index is 2.28. The van der Waals surface area contributed by atoms with Crippen LogP contribution >= 0.6 is 0 Å². The summed E-state index contributed by atoms with van der Waals surface area (Å²) >= 11 is 0. The average Bonchev–Trinajstić information content (AvgIpc) is 2.29. The molecular formula is C12H17N3O. The van der Waals surface area contributed by atoms with Gasteiger partial charge in [-0.05, 0) is 19.1 Å². The van der Waals surface area contributed by atoms with E-state index in [4.69, 9.17) is 5.73 Å². The SMILES string of the molecule is CC1CN(c2ccccc2C(N)=O)CCN1. The lowest BCUT2D eigenvalue weighted by atomic mass is 10.1. The minimum absolute atomic E-state index is 0.359. The highest BCUT2D eigenvalue weighted by Crippen LogP contribution is 2.21. The van der Waals surface area contributed by atoms with Crippen molar-refractivity contribution in [3.63, 3.8) is 0 Å². The van der Waals surface area contributed by atoms with Gasteiger partial charge in [0.2, 0.25) is 0 Å². The fraction of sp³-hybridized carbons (Fsp3) is 0.417. The normalized spacial score (nSPS) is 20.8. The second kappa shape index (κ2) is 4.53. The molecule has 1 aromatic rings. The van der Waals surface area contributed by atoms with Gasteiger partial charge in [0, 0.05) is 31.4 Å². The maximum absolute atomic E-state index is 11.3. The number of nitrogens with two attached hydrogens (primary N) is 1. The molecule has 0 aliphatic carbocycles. The molecular weight excluding hydrogens is 202 g/mol. The van der Waals surface area contributed by atoms with Crippen LogP contribution < -0.4 is 16.0 Å². The molecule has 2 rings (SSSR count). The molecule has 1 aromatic carbocycles. The van der Waals surface area contributed by atoms with Gasteiger partial charge in [0.1, 0.15) is 0 Å². The van der Waals surface area contributed by atoms with Gasteiger partial charge in [-0.15, -0.1) is 0 Å². The molecule has 1 unspecified atom stereocenters. The highest BCUT2D eigenvalue weighted by Gasteiger charge is 2.19. The Hall–Kier alpha value is -1.55. The lowest BCUT2D eigenvalue weighted by molar-refractivity contribution is 0.100. The molecule has 1 atom stereocenters. The Bertz CT molecular complexity index is 392. The summed E-state index contributed by atoms with van der Waals surface area (Å²) in [5, 5.41) is 3.37. The molecule has 16 heavy (non-hydrogen) atoms. The second-order valence-electron chi connectivity index (χ2n) is 4.18. The van der Waals surface area contributed by atoms with Gasteiger partial charge in [-0.25, -0.2) is 0 Å². The van der Waals surface area contributed by atoms with E-state index in [2.05, 4.69) is 17.1 Å². The summed E-state index contributed by atoms with van der Waals surface area (Å²) in [6, 6.07) is 7.96. The summed E-state index contributed by atoms with van der Waals surface area (Å²) in [5.41, 5.74) is 6.93. The molecule has 0 spiro atoms. The van der Waals surface area contributed by atoms with Crippen molar-refractivity contribution in [2.75, 3.05) is 24.5 Å². The number of piperazine rings is 1. The zero-order chi connectivity index (χ0) is 11.5. The molecule has 0 radical (unpaired) electrons. The first-order chi connectivity index (χ1) is 7.68. The molecule has 4 nitrogen and oxygen atoms in total. The van der Waals surface area contributed by atoms with E-state index in [1.54, 1.807) is 6.07 Å². The van der Waals surface area contributed by atoms with Crippen LogP contribution in [0, 0.1) is 0 Å². The molecule has 1 aliphatic heterocycles. The molecule has 3 N–H and O–H groups in total. The van der Waals surface area contributed by atoms with Crippen LogP contribution in [0.4, 0.5) is 5.69 Å². The number of rotatable bonds is 2. The molecule has 1 aliphatic rings. The Morgan fingerprint density at radius 2 is 2.25 bits per heavy atom. The molecule has 1 saturated heterocycles. The van der Waals surface area contributed by atoms with Gasteiger partial charge in [0.05, 0.1) is 5.56 Å². The number of nitrogens with zero attached hydrogens (tertiary/aromatic N) is 1. The minimum Gasteiger partial charge on any atom is -0.368 e. The van der Waals surface area contributed by atoms with Crippen LogP contribution in [0.5, 0.6) is 0 Å². The summed E-state index contributed by atoms with van der Waals surface area (Å²) in [7, 11) is 0. The zero-order valence-electron chi connectivity index (χ0n) is 9.44. The third-order valence-corrected chi connectivity index (χ3v) is 2.88. The van der Waals surface area contributed by atoms with Gasteiger partial charge in [0.25, 0.3) is 5.91 Å². The molecule has 4 heteroatoms. The van der Waals surface area contributed by atoms with Crippen molar-refractivity contribution in [2.45, 2.75) is 13.0 Å². The van der Waals surface area contributed by atoms with Gasteiger partial charge in [-0.1, -0.05) is 12.1 Å². The maximum Gasteiger partial charge on any atom is 0.250 e. The summed E-state index contributed by atoms with van der Waals surface area (Å²) in [6.45, 7) is 4.90. The van der Waals surface area contributed by atoms with E-state index in [0.29, 0.717) is 11.6 Å². The standard InChI is InChI=1S/C12H17N3O/c1-9-8-15(7-6-14-9)11-5-3-2-4-10(11)12(13)16/h2-5,9,14H,6-8H2,1H3,(H2,13,16). The van der Waals surface area contributed by atoms with Crippen molar-refractivity contribution in [2.24, 2.45) is 5.73 Å². The third kappa shape index (κ3) is 2.17. The highest BCUT2D eigenvalue weighted by molar-refractivity contribution is 5.98. The first-order valence-corrected chi connectivity index (χ1v) is 5.55. The van der Waals surface area contributed by atoms with Crippen LogP contribution in [0.25, 0.3) is 0 Å². The van der Waals surface area contributed by atoms with Crippen LogP contribution in [0.2, 0.25) is 0 Å².